The Kier molecular flexibility index (Phi) is 2.95. The second-order valence-electron chi connectivity index (χ2n) is 4.16. The first-order valence-electron chi connectivity index (χ1n) is 5.32. The van der Waals surface area contributed by atoms with E-state index in [-0.39, 0.29) is 5.63 Å². The van der Waals surface area contributed by atoms with E-state index in [1.807, 2.05) is 12.1 Å². The van der Waals surface area contributed by atoms with Crippen molar-refractivity contribution in [1.29, 1.82) is 0 Å². The fourth-order valence-corrected chi connectivity index (χ4v) is 1.40. The minimum absolute atomic E-state index is 0.330. The summed E-state index contributed by atoms with van der Waals surface area (Å²) in [6, 6.07) is 8.60. The highest BCUT2D eigenvalue weighted by atomic mass is 16.5. The fourth-order valence-electron chi connectivity index (χ4n) is 1.40. The molecule has 84 valence electrons. The van der Waals surface area contributed by atoms with Crippen LogP contribution >= 0.6 is 0 Å². The van der Waals surface area contributed by atoms with Crippen LogP contribution in [0.1, 0.15) is 13.8 Å². The van der Waals surface area contributed by atoms with E-state index in [0.29, 0.717) is 18.1 Å². The minimum atomic E-state index is -0.330. The van der Waals surface area contributed by atoms with Crippen LogP contribution in [-0.4, -0.2) is 6.61 Å². The summed E-state index contributed by atoms with van der Waals surface area (Å²) in [5.74, 6) is 1.29. The Bertz CT molecular complexity index is 540. The van der Waals surface area contributed by atoms with Crippen LogP contribution in [0.15, 0.2) is 39.5 Å². The molecule has 0 bridgehead atoms. The third-order valence-corrected chi connectivity index (χ3v) is 2.17. The number of ether oxygens (including phenoxy) is 1. The van der Waals surface area contributed by atoms with E-state index in [0.717, 1.165) is 11.1 Å². The predicted octanol–water partition coefficient (Wildman–Crippen LogP) is 2.83. The quantitative estimate of drug-likeness (QED) is 0.743. The normalized spacial score (nSPS) is 10.9. The van der Waals surface area contributed by atoms with Crippen LogP contribution in [0, 0.1) is 5.92 Å². The third-order valence-electron chi connectivity index (χ3n) is 2.17. The van der Waals surface area contributed by atoms with Gasteiger partial charge in [-0.05, 0) is 30.2 Å². The molecular weight excluding hydrogens is 204 g/mol. The van der Waals surface area contributed by atoms with Crippen LogP contribution in [0.4, 0.5) is 0 Å². The Morgan fingerprint density at radius 2 is 2.06 bits per heavy atom. The zero-order chi connectivity index (χ0) is 11.5. The minimum Gasteiger partial charge on any atom is -0.493 e. The van der Waals surface area contributed by atoms with Crippen LogP contribution in [0.5, 0.6) is 5.75 Å². The van der Waals surface area contributed by atoms with E-state index in [1.165, 1.54) is 6.07 Å². The molecule has 0 amide bonds. The molecule has 0 aliphatic heterocycles. The lowest BCUT2D eigenvalue weighted by Crippen LogP contribution is -2.04. The van der Waals surface area contributed by atoms with Crippen molar-refractivity contribution >= 4 is 11.0 Å². The van der Waals surface area contributed by atoms with Crippen molar-refractivity contribution in [3.05, 3.63) is 40.8 Å². The van der Waals surface area contributed by atoms with Crippen LogP contribution in [0.25, 0.3) is 11.0 Å². The van der Waals surface area contributed by atoms with Gasteiger partial charge in [0.15, 0.2) is 0 Å². The predicted molar refractivity (Wildman–Crippen MR) is 62.8 cm³/mol. The van der Waals surface area contributed by atoms with Gasteiger partial charge < -0.3 is 9.15 Å². The molecule has 1 aromatic carbocycles. The van der Waals surface area contributed by atoms with Gasteiger partial charge in [-0.15, -0.1) is 0 Å². The molecule has 0 atom stereocenters. The SMILES string of the molecule is CC(C)COc1ccc2oc(=O)ccc2c1. The average Bonchev–Trinajstić information content (AvgIpc) is 2.26. The first-order valence-corrected chi connectivity index (χ1v) is 5.32. The van der Waals surface area contributed by atoms with Crippen molar-refractivity contribution < 1.29 is 9.15 Å². The van der Waals surface area contributed by atoms with Crippen molar-refractivity contribution in [2.45, 2.75) is 13.8 Å². The van der Waals surface area contributed by atoms with Gasteiger partial charge in [0, 0.05) is 11.5 Å². The Morgan fingerprint density at radius 1 is 1.25 bits per heavy atom. The molecule has 1 heterocycles. The fraction of sp³-hybridized carbons (Fsp3) is 0.308. The summed E-state index contributed by atoms with van der Waals surface area (Å²) in [5.41, 5.74) is 0.257. The maximum Gasteiger partial charge on any atom is 0.336 e. The van der Waals surface area contributed by atoms with Gasteiger partial charge in [0.2, 0.25) is 0 Å². The second kappa shape index (κ2) is 4.39. The number of rotatable bonds is 3. The van der Waals surface area contributed by atoms with E-state index in [2.05, 4.69) is 13.8 Å². The van der Waals surface area contributed by atoms with Gasteiger partial charge in [-0.25, -0.2) is 4.79 Å². The Morgan fingerprint density at radius 3 is 2.81 bits per heavy atom. The summed E-state index contributed by atoms with van der Waals surface area (Å²) in [6.07, 6.45) is 0. The highest BCUT2D eigenvalue weighted by Crippen LogP contribution is 2.19. The van der Waals surface area contributed by atoms with Gasteiger partial charge in [-0.2, -0.15) is 0 Å². The van der Waals surface area contributed by atoms with E-state index in [4.69, 9.17) is 9.15 Å². The molecule has 2 rings (SSSR count). The first kappa shape index (κ1) is 10.7. The molecule has 0 saturated heterocycles. The molecule has 0 radical (unpaired) electrons. The maximum atomic E-state index is 11.0. The van der Waals surface area contributed by atoms with Crippen LogP contribution in [0.2, 0.25) is 0 Å². The molecule has 0 unspecified atom stereocenters. The van der Waals surface area contributed by atoms with Crippen LogP contribution in [0.3, 0.4) is 0 Å². The summed E-state index contributed by atoms with van der Waals surface area (Å²) in [4.78, 5) is 11.0. The zero-order valence-electron chi connectivity index (χ0n) is 9.40. The van der Waals surface area contributed by atoms with Gasteiger partial charge >= 0.3 is 5.63 Å². The smallest absolute Gasteiger partial charge is 0.336 e. The Labute approximate surface area is 93.7 Å². The number of fused-ring (bicyclic) bond motifs is 1. The third kappa shape index (κ3) is 2.42. The molecule has 3 heteroatoms. The Balaban J connectivity index is 2.30. The zero-order valence-corrected chi connectivity index (χ0v) is 9.40. The van der Waals surface area contributed by atoms with Crippen LogP contribution in [-0.2, 0) is 0 Å². The maximum absolute atomic E-state index is 11.0. The first-order chi connectivity index (χ1) is 7.65. The van der Waals surface area contributed by atoms with Crippen molar-refractivity contribution in [3.8, 4) is 5.75 Å². The van der Waals surface area contributed by atoms with E-state index in [1.54, 1.807) is 12.1 Å². The number of benzene rings is 1. The molecule has 3 nitrogen and oxygen atoms in total. The summed E-state index contributed by atoms with van der Waals surface area (Å²) in [5, 5.41) is 0.876. The number of hydrogen-bond acceptors (Lipinski definition) is 3. The topological polar surface area (TPSA) is 39.4 Å². The molecule has 0 spiro atoms. The van der Waals surface area contributed by atoms with Gasteiger partial charge in [-0.3, -0.25) is 0 Å². The molecule has 0 aliphatic rings. The summed E-state index contributed by atoms with van der Waals surface area (Å²) in [6.45, 7) is 4.88. The van der Waals surface area contributed by atoms with Crippen molar-refractivity contribution in [3.63, 3.8) is 0 Å². The van der Waals surface area contributed by atoms with Crippen molar-refractivity contribution in [2.75, 3.05) is 6.61 Å². The van der Waals surface area contributed by atoms with Crippen LogP contribution < -0.4 is 10.4 Å². The molecule has 16 heavy (non-hydrogen) atoms. The second-order valence-corrected chi connectivity index (χ2v) is 4.16. The van der Waals surface area contributed by atoms with E-state index in [9.17, 15) is 4.79 Å². The summed E-state index contributed by atoms with van der Waals surface area (Å²) in [7, 11) is 0. The Hall–Kier alpha value is -1.77. The molecule has 0 saturated carbocycles. The van der Waals surface area contributed by atoms with Gasteiger partial charge in [0.1, 0.15) is 11.3 Å². The lowest BCUT2D eigenvalue weighted by molar-refractivity contribution is 0.271. The molecule has 0 aliphatic carbocycles. The average molecular weight is 218 g/mol. The highest BCUT2D eigenvalue weighted by molar-refractivity contribution is 5.77. The largest absolute Gasteiger partial charge is 0.493 e. The summed E-state index contributed by atoms with van der Waals surface area (Å²) < 4.78 is 10.6. The standard InChI is InChI=1S/C13H14O3/c1-9(2)8-15-11-4-5-12-10(7-11)3-6-13(14)16-12/h3-7,9H,8H2,1-2H3. The lowest BCUT2D eigenvalue weighted by atomic mass is 10.2. The van der Waals surface area contributed by atoms with Crippen molar-refractivity contribution in [2.24, 2.45) is 5.92 Å². The van der Waals surface area contributed by atoms with E-state index >= 15 is 0 Å². The molecule has 0 N–H and O–H groups in total. The van der Waals surface area contributed by atoms with Gasteiger partial charge in [0.25, 0.3) is 0 Å². The number of hydrogen-bond donors (Lipinski definition) is 0. The van der Waals surface area contributed by atoms with Gasteiger partial charge in [-0.1, -0.05) is 13.8 Å². The molecule has 2 aromatic rings. The van der Waals surface area contributed by atoms with Gasteiger partial charge in [0.05, 0.1) is 6.61 Å². The molecule has 1 aromatic heterocycles. The molecular formula is C13H14O3. The summed E-state index contributed by atoms with van der Waals surface area (Å²) >= 11 is 0. The highest BCUT2D eigenvalue weighted by Gasteiger charge is 2.01. The monoisotopic (exact) mass is 218 g/mol. The lowest BCUT2D eigenvalue weighted by Gasteiger charge is -2.08. The van der Waals surface area contributed by atoms with E-state index < -0.39 is 0 Å². The van der Waals surface area contributed by atoms with Crippen molar-refractivity contribution in [1.82, 2.24) is 0 Å². The molecule has 0 fully saturated rings.